The van der Waals surface area contributed by atoms with Crippen LogP contribution >= 0.6 is 0 Å². The number of carbonyl (C=O) groups excluding carboxylic acids is 2. The molecule has 0 aromatic carbocycles. The van der Waals surface area contributed by atoms with E-state index >= 15 is 0 Å². The van der Waals surface area contributed by atoms with Gasteiger partial charge in [-0.05, 0) is 6.42 Å². The molecule has 0 rings (SSSR count). The van der Waals surface area contributed by atoms with Crippen molar-refractivity contribution >= 4 is 11.7 Å². The van der Waals surface area contributed by atoms with Crippen molar-refractivity contribution < 1.29 is 14.3 Å². The molecule has 0 aliphatic heterocycles. The lowest BCUT2D eigenvalue weighted by Crippen LogP contribution is -2.47. The number of nitrogens with one attached hydrogen (secondary N) is 1. The van der Waals surface area contributed by atoms with Crippen LogP contribution in [0.15, 0.2) is 0 Å². The Labute approximate surface area is 155 Å². The van der Waals surface area contributed by atoms with Crippen LogP contribution in [0.2, 0.25) is 0 Å². The molecule has 1 amide bonds. The van der Waals surface area contributed by atoms with E-state index in [0.29, 0.717) is 6.61 Å². The van der Waals surface area contributed by atoms with Crippen LogP contribution < -0.4 is 5.32 Å². The molecule has 148 valence electrons. The Morgan fingerprint density at radius 2 is 1.36 bits per heavy atom. The summed E-state index contributed by atoms with van der Waals surface area (Å²) in [6.45, 7) is 10.2. The topological polar surface area (TPSA) is 55.4 Å². The van der Waals surface area contributed by atoms with Gasteiger partial charge in [0.15, 0.2) is 5.78 Å². The zero-order valence-electron chi connectivity index (χ0n) is 17.3. The Balaban J connectivity index is 3.72. The summed E-state index contributed by atoms with van der Waals surface area (Å²) in [6, 6.07) is -0.541. The molecule has 0 saturated carbocycles. The molecule has 0 saturated heterocycles. The molecule has 0 spiro atoms. The van der Waals surface area contributed by atoms with Gasteiger partial charge in [0.1, 0.15) is 6.04 Å². The minimum atomic E-state index is -0.541. The van der Waals surface area contributed by atoms with Crippen molar-refractivity contribution in [3.8, 4) is 0 Å². The smallest absolute Gasteiger partial charge is 0.217 e. The third kappa shape index (κ3) is 14.0. The fraction of sp³-hybridized carbons (Fsp3) is 0.905. The van der Waals surface area contributed by atoms with E-state index in [1.807, 2.05) is 20.8 Å². The Hall–Kier alpha value is -0.900. The van der Waals surface area contributed by atoms with E-state index in [9.17, 15) is 9.59 Å². The molecule has 0 unspecified atom stereocenters. The molecule has 0 aromatic rings. The minimum Gasteiger partial charge on any atom is -0.379 e. The molecule has 25 heavy (non-hydrogen) atoms. The summed E-state index contributed by atoms with van der Waals surface area (Å²) in [5, 5.41) is 2.71. The van der Waals surface area contributed by atoms with Gasteiger partial charge in [-0.3, -0.25) is 9.59 Å². The lowest BCUT2D eigenvalue weighted by molar-refractivity contribution is -0.133. The van der Waals surface area contributed by atoms with E-state index in [-0.39, 0.29) is 18.3 Å². The Morgan fingerprint density at radius 3 is 1.80 bits per heavy atom. The second-order valence-corrected chi connectivity index (χ2v) is 8.12. The molecular formula is C21H41NO3. The van der Waals surface area contributed by atoms with Gasteiger partial charge in [-0.2, -0.15) is 0 Å². The Kier molecular flexibility index (Phi) is 13.8. The highest BCUT2D eigenvalue weighted by Gasteiger charge is 2.30. The third-order valence-electron chi connectivity index (χ3n) is 4.36. The van der Waals surface area contributed by atoms with Gasteiger partial charge in [0, 0.05) is 18.9 Å². The minimum absolute atomic E-state index is 0.0192. The molecule has 0 bridgehead atoms. The number of ether oxygens (including phenoxy) is 1. The molecule has 0 aliphatic rings. The van der Waals surface area contributed by atoms with Crippen LogP contribution in [0.4, 0.5) is 0 Å². The average molecular weight is 356 g/mol. The Morgan fingerprint density at radius 1 is 0.880 bits per heavy atom. The van der Waals surface area contributed by atoms with E-state index in [1.165, 1.54) is 64.7 Å². The quantitative estimate of drug-likeness (QED) is 0.418. The van der Waals surface area contributed by atoms with Crippen molar-refractivity contribution in [1.82, 2.24) is 5.32 Å². The van der Waals surface area contributed by atoms with Gasteiger partial charge < -0.3 is 10.1 Å². The third-order valence-corrected chi connectivity index (χ3v) is 4.36. The first kappa shape index (κ1) is 24.1. The number of ketones is 1. The second-order valence-electron chi connectivity index (χ2n) is 8.12. The Bertz CT molecular complexity index is 361. The summed E-state index contributed by atoms with van der Waals surface area (Å²) >= 11 is 0. The molecule has 0 radical (unpaired) electrons. The fourth-order valence-electron chi connectivity index (χ4n) is 2.84. The maximum absolute atomic E-state index is 12.3. The molecule has 0 aromatic heterocycles. The van der Waals surface area contributed by atoms with Crippen LogP contribution in [0.1, 0.15) is 98.8 Å². The summed E-state index contributed by atoms with van der Waals surface area (Å²) in [5.41, 5.74) is -0.479. The summed E-state index contributed by atoms with van der Waals surface area (Å²) < 4.78 is 5.65. The van der Waals surface area contributed by atoms with Crippen molar-refractivity contribution in [2.75, 3.05) is 13.2 Å². The number of hydrogen-bond acceptors (Lipinski definition) is 3. The van der Waals surface area contributed by atoms with Crippen LogP contribution in [0.3, 0.4) is 0 Å². The lowest BCUT2D eigenvalue weighted by Gasteiger charge is -2.25. The molecule has 0 fully saturated rings. The summed E-state index contributed by atoms with van der Waals surface area (Å²) in [7, 11) is 0. The SMILES string of the molecule is CCCCCCCCCCCCOC[C@@H](NC(C)=O)C(=O)C(C)(C)C. The highest BCUT2D eigenvalue weighted by molar-refractivity contribution is 5.92. The van der Waals surface area contributed by atoms with Crippen molar-refractivity contribution in [3.63, 3.8) is 0 Å². The summed E-state index contributed by atoms with van der Waals surface area (Å²) in [6.07, 6.45) is 12.9. The standard InChI is InChI=1S/C21H41NO3/c1-6-7-8-9-10-11-12-13-14-15-16-25-17-19(22-18(2)23)20(24)21(3,4)5/h19H,6-17H2,1-5H3,(H,22,23)/t19-/m1/s1. The van der Waals surface area contributed by atoms with Crippen LogP contribution in [0.25, 0.3) is 0 Å². The number of carbonyl (C=O) groups is 2. The molecule has 1 N–H and O–H groups in total. The number of Topliss-reactive ketones (excluding diaryl/α,β-unsaturated/α-hetero) is 1. The largest absolute Gasteiger partial charge is 0.379 e. The lowest BCUT2D eigenvalue weighted by atomic mass is 9.86. The van der Waals surface area contributed by atoms with Gasteiger partial charge in [-0.25, -0.2) is 0 Å². The maximum Gasteiger partial charge on any atom is 0.217 e. The molecule has 0 aliphatic carbocycles. The van der Waals surface area contributed by atoms with E-state index in [1.54, 1.807) is 0 Å². The van der Waals surface area contributed by atoms with Crippen LogP contribution in [-0.4, -0.2) is 30.9 Å². The molecule has 4 nitrogen and oxygen atoms in total. The molecule has 4 heteroatoms. The van der Waals surface area contributed by atoms with Crippen LogP contribution in [-0.2, 0) is 14.3 Å². The van der Waals surface area contributed by atoms with E-state index < -0.39 is 11.5 Å². The number of unbranched alkanes of at least 4 members (excludes halogenated alkanes) is 9. The van der Waals surface area contributed by atoms with Crippen molar-refractivity contribution in [2.45, 2.75) is 105 Å². The zero-order chi connectivity index (χ0) is 19.1. The maximum atomic E-state index is 12.3. The van der Waals surface area contributed by atoms with E-state index in [0.717, 1.165) is 6.42 Å². The zero-order valence-corrected chi connectivity index (χ0v) is 17.3. The second kappa shape index (κ2) is 14.3. The normalized spacial score (nSPS) is 12.8. The number of rotatable bonds is 15. The van der Waals surface area contributed by atoms with Crippen molar-refractivity contribution in [2.24, 2.45) is 5.41 Å². The van der Waals surface area contributed by atoms with Gasteiger partial charge in [-0.15, -0.1) is 0 Å². The summed E-state index contributed by atoms with van der Waals surface area (Å²) in [4.78, 5) is 23.6. The number of hydrogen-bond donors (Lipinski definition) is 1. The molecule has 0 heterocycles. The fourth-order valence-corrected chi connectivity index (χ4v) is 2.84. The highest BCUT2D eigenvalue weighted by Crippen LogP contribution is 2.17. The first-order valence-electron chi connectivity index (χ1n) is 10.2. The predicted octanol–water partition coefficient (Wildman–Crippen LogP) is 5.04. The first-order valence-corrected chi connectivity index (χ1v) is 10.2. The molecular weight excluding hydrogens is 314 g/mol. The summed E-state index contributed by atoms with van der Waals surface area (Å²) in [5.74, 6) is -0.170. The van der Waals surface area contributed by atoms with Gasteiger partial charge >= 0.3 is 0 Å². The average Bonchev–Trinajstić information content (AvgIpc) is 2.52. The monoisotopic (exact) mass is 355 g/mol. The highest BCUT2D eigenvalue weighted by atomic mass is 16.5. The van der Waals surface area contributed by atoms with Gasteiger partial charge in [-0.1, -0.05) is 85.5 Å². The van der Waals surface area contributed by atoms with Crippen molar-refractivity contribution in [3.05, 3.63) is 0 Å². The van der Waals surface area contributed by atoms with Crippen molar-refractivity contribution in [1.29, 1.82) is 0 Å². The predicted molar refractivity (Wildman–Crippen MR) is 105 cm³/mol. The molecule has 1 atom stereocenters. The van der Waals surface area contributed by atoms with Gasteiger partial charge in [0.05, 0.1) is 6.61 Å². The van der Waals surface area contributed by atoms with E-state index in [2.05, 4.69) is 12.2 Å². The van der Waals surface area contributed by atoms with Crippen LogP contribution in [0.5, 0.6) is 0 Å². The number of amides is 1. The van der Waals surface area contributed by atoms with E-state index in [4.69, 9.17) is 4.74 Å². The first-order chi connectivity index (χ1) is 11.8. The van der Waals surface area contributed by atoms with Crippen LogP contribution in [0, 0.1) is 5.41 Å². The van der Waals surface area contributed by atoms with Gasteiger partial charge in [0.25, 0.3) is 0 Å². The van der Waals surface area contributed by atoms with Gasteiger partial charge in [0.2, 0.25) is 5.91 Å².